The standard InChI is InChI=1S/C37H45Cl2N3O5/c1-5-41-18-16-36(35(40)44,26-12-10-9-11-13-26)23-32(41)37(27-14-15-28(38)29(39)22-27)17-19-42(24-37)34(43)25-20-30(45-6-2)33(47-8-4)31(21-25)46-7-3/h9-15,20-22,32H,5-8,16-19,23-24H2,1-4H3,(H2,40,44). The van der Waals surface area contributed by atoms with Gasteiger partial charge in [0, 0.05) is 30.1 Å². The Balaban J connectivity index is 1.60. The molecular weight excluding hydrogens is 637 g/mol. The van der Waals surface area contributed by atoms with Gasteiger partial charge in [-0.15, -0.1) is 0 Å². The van der Waals surface area contributed by atoms with Crippen molar-refractivity contribution in [3.05, 3.63) is 87.4 Å². The molecule has 2 N–H and O–H groups in total. The van der Waals surface area contributed by atoms with Crippen LogP contribution >= 0.6 is 23.2 Å². The van der Waals surface area contributed by atoms with Crippen molar-refractivity contribution < 1.29 is 23.8 Å². The molecule has 3 aromatic rings. The van der Waals surface area contributed by atoms with Gasteiger partial charge in [-0.1, -0.05) is 66.5 Å². The average Bonchev–Trinajstić information content (AvgIpc) is 3.53. The number of nitrogens with zero attached hydrogens (tertiary/aromatic N) is 2. The number of benzene rings is 3. The Morgan fingerprint density at radius 1 is 0.830 bits per heavy atom. The van der Waals surface area contributed by atoms with E-state index in [4.69, 9.17) is 43.1 Å². The summed E-state index contributed by atoms with van der Waals surface area (Å²) in [4.78, 5) is 32.2. The highest BCUT2D eigenvalue weighted by Crippen LogP contribution is 2.50. The van der Waals surface area contributed by atoms with E-state index in [-0.39, 0.29) is 17.9 Å². The molecule has 2 amide bonds. The number of halogens is 2. The van der Waals surface area contributed by atoms with E-state index in [2.05, 4.69) is 11.8 Å². The summed E-state index contributed by atoms with van der Waals surface area (Å²) in [5, 5.41) is 0.912. The maximum atomic E-state index is 14.4. The molecule has 2 fully saturated rings. The molecule has 252 valence electrons. The Morgan fingerprint density at radius 2 is 1.49 bits per heavy atom. The molecule has 0 bridgehead atoms. The summed E-state index contributed by atoms with van der Waals surface area (Å²) in [6.45, 7) is 11.4. The highest BCUT2D eigenvalue weighted by Gasteiger charge is 2.55. The maximum absolute atomic E-state index is 14.4. The SMILES string of the molecule is CCOc1cc(C(=O)N2CCC(c3ccc(Cl)c(Cl)c3)(C3CC(C(N)=O)(c4ccccc4)CCN3CC)C2)cc(OCC)c1OCC. The minimum Gasteiger partial charge on any atom is -0.490 e. The van der Waals surface area contributed by atoms with Crippen molar-refractivity contribution in [1.29, 1.82) is 0 Å². The number of likely N-dealkylation sites (tertiary alicyclic amines) is 2. The summed E-state index contributed by atoms with van der Waals surface area (Å²) in [5.41, 5.74) is 7.22. The van der Waals surface area contributed by atoms with Crippen LogP contribution in [0.25, 0.3) is 0 Å². The van der Waals surface area contributed by atoms with Gasteiger partial charge in [0.25, 0.3) is 5.91 Å². The second kappa shape index (κ2) is 14.8. The molecule has 2 aliphatic heterocycles. The lowest BCUT2D eigenvalue weighted by molar-refractivity contribution is -0.127. The second-order valence-corrected chi connectivity index (χ2v) is 13.1. The monoisotopic (exact) mass is 681 g/mol. The topological polar surface area (TPSA) is 94.3 Å². The summed E-state index contributed by atoms with van der Waals surface area (Å²) in [6, 6.07) is 19.0. The summed E-state index contributed by atoms with van der Waals surface area (Å²) in [6.07, 6.45) is 1.78. The van der Waals surface area contributed by atoms with Crippen LogP contribution in [0.3, 0.4) is 0 Å². The van der Waals surface area contributed by atoms with Crippen LogP contribution in [0.15, 0.2) is 60.7 Å². The zero-order chi connectivity index (χ0) is 33.8. The number of carbonyl (C=O) groups excluding carboxylic acids is 2. The first-order valence-electron chi connectivity index (χ1n) is 16.5. The molecular formula is C37H45Cl2N3O5. The van der Waals surface area contributed by atoms with Gasteiger partial charge in [-0.3, -0.25) is 14.5 Å². The number of likely N-dealkylation sites (N-methyl/N-ethyl adjacent to an activating group) is 1. The van der Waals surface area contributed by atoms with Crippen LogP contribution in [-0.2, 0) is 15.6 Å². The second-order valence-electron chi connectivity index (χ2n) is 12.3. The van der Waals surface area contributed by atoms with Gasteiger partial charge in [0.15, 0.2) is 11.5 Å². The lowest BCUT2D eigenvalue weighted by atomic mass is 9.61. The fourth-order valence-corrected chi connectivity index (χ4v) is 7.87. The third kappa shape index (κ3) is 6.65. The summed E-state index contributed by atoms with van der Waals surface area (Å²) >= 11 is 13.1. The highest BCUT2D eigenvalue weighted by atomic mass is 35.5. The molecule has 3 aromatic carbocycles. The Labute approximate surface area is 288 Å². The van der Waals surface area contributed by atoms with Crippen molar-refractivity contribution in [1.82, 2.24) is 9.80 Å². The van der Waals surface area contributed by atoms with E-state index >= 15 is 0 Å². The van der Waals surface area contributed by atoms with Gasteiger partial charge >= 0.3 is 0 Å². The first kappa shape index (κ1) is 34.9. The van der Waals surface area contributed by atoms with Gasteiger partial charge in [-0.2, -0.15) is 0 Å². The lowest BCUT2D eigenvalue weighted by Crippen LogP contribution is -2.61. The van der Waals surface area contributed by atoms with E-state index in [0.29, 0.717) is 91.6 Å². The van der Waals surface area contributed by atoms with E-state index in [1.165, 1.54) is 0 Å². The molecule has 47 heavy (non-hydrogen) atoms. The Kier molecular flexibility index (Phi) is 10.9. The van der Waals surface area contributed by atoms with Crippen LogP contribution < -0.4 is 19.9 Å². The number of hydrogen-bond acceptors (Lipinski definition) is 6. The molecule has 0 saturated carbocycles. The average molecular weight is 683 g/mol. The lowest BCUT2D eigenvalue weighted by Gasteiger charge is -2.52. The van der Waals surface area contributed by atoms with Crippen molar-refractivity contribution in [3.63, 3.8) is 0 Å². The summed E-state index contributed by atoms with van der Waals surface area (Å²) in [5.74, 6) is 0.957. The van der Waals surface area contributed by atoms with Crippen LogP contribution in [0.4, 0.5) is 0 Å². The third-order valence-electron chi connectivity index (χ3n) is 9.89. The van der Waals surface area contributed by atoms with Gasteiger partial charge in [-0.25, -0.2) is 0 Å². The minimum absolute atomic E-state index is 0.123. The van der Waals surface area contributed by atoms with Gasteiger partial charge in [0.05, 0.1) is 35.3 Å². The van der Waals surface area contributed by atoms with E-state index in [9.17, 15) is 9.59 Å². The summed E-state index contributed by atoms with van der Waals surface area (Å²) in [7, 11) is 0. The number of carbonyl (C=O) groups is 2. The van der Waals surface area contributed by atoms with Crippen LogP contribution in [0.2, 0.25) is 10.0 Å². The first-order chi connectivity index (χ1) is 22.6. The molecule has 2 aliphatic rings. The van der Waals surface area contributed by atoms with Crippen LogP contribution in [0.5, 0.6) is 17.2 Å². The van der Waals surface area contributed by atoms with E-state index < -0.39 is 10.8 Å². The number of rotatable bonds is 12. The van der Waals surface area contributed by atoms with Gasteiger partial charge in [0.2, 0.25) is 11.7 Å². The fourth-order valence-electron chi connectivity index (χ4n) is 7.57. The third-order valence-corrected chi connectivity index (χ3v) is 10.6. The molecule has 0 aliphatic carbocycles. The molecule has 5 rings (SSSR count). The van der Waals surface area contributed by atoms with Crippen molar-refractivity contribution in [2.75, 3.05) is 46.0 Å². The molecule has 0 radical (unpaired) electrons. The molecule has 0 aromatic heterocycles. The van der Waals surface area contributed by atoms with Crippen molar-refractivity contribution in [3.8, 4) is 17.2 Å². The Bertz CT molecular complexity index is 1560. The van der Waals surface area contributed by atoms with E-state index in [0.717, 1.165) is 17.7 Å². The predicted molar refractivity (Wildman–Crippen MR) is 186 cm³/mol. The maximum Gasteiger partial charge on any atom is 0.254 e. The predicted octanol–water partition coefficient (Wildman–Crippen LogP) is 6.88. The Morgan fingerprint density at radius 3 is 2.06 bits per heavy atom. The molecule has 3 unspecified atom stereocenters. The molecule has 2 saturated heterocycles. The quantitative estimate of drug-likeness (QED) is 0.224. The van der Waals surface area contributed by atoms with Gasteiger partial charge < -0.3 is 24.8 Å². The fraction of sp³-hybridized carbons (Fsp3) is 0.459. The van der Waals surface area contributed by atoms with Crippen molar-refractivity contribution in [2.45, 2.75) is 63.8 Å². The van der Waals surface area contributed by atoms with Crippen LogP contribution in [0, 0.1) is 0 Å². The van der Waals surface area contributed by atoms with Crippen LogP contribution in [0.1, 0.15) is 68.4 Å². The summed E-state index contributed by atoms with van der Waals surface area (Å²) < 4.78 is 17.7. The van der Waals surface area contributed by atoms with Gasteiger partial charge in [0.1, 0.15) is 0 Å². The largest absolute Gasteiger partial charge is 0.490 e. The number of ether oxygens (including phenoxy) is 3. The van der Waals surface area contributed by atoms with Crippen molar-refractivity contribution >= 4 is 35.0 Å². The molecule has 2 heterocycles. The zero-order valence-electron chi connectivity index (χ0n) is 27.7. The number of amides is 2. The molecule has 0 spiro atoms. The highest BCUT2D eigenvalue weighted by molar-refractivity contribution is 6.42. The zero-order valence-corrected chi connectivity index (χ0v) is 29.2. The normalized spacial score (nSPS) is 23.0. The van der Waals surface area contributed by atoms with E-state index in [1.54, 1.807) is 12.1 Å². The molecule has 3 atom stereocenters. The number of nitrogens with two attached hydrogens (primary N) is 1. The number of hydrogen-bond donors (Lipinski definition) is 1. The Hall–Kier alpha value is -3.46. The number of primary amides is 1. The smallest absolute Gasteiger partial charge is 0.254 e. The molecule has 10 heteroatoms. The van der Waals surface area contributed by atoms with Crippen molar-refractivity contribution in [2.24, 2.45) is 5.73 Å². The first-order valence-corrected chi connectivity index (χ1v) is 17.3. The van der Waals surface area contributed by atoms with Crippen LogP contribution in [-0.4, -0.2) is 73.7 Å². The minimum atomic E-state index is -0.855. The molecule has 8 nitrogen and oxygen atoms in total. The number of piperidine rings is 1. The van der Waals surface area contributed by atoms with Gasteiger partial charge in [-0.05, 0) is 88.5 Å². The van der Waals surface area contributed by atoms with E-state index in [1.807, 2.05) is 74.2 Å².